The van der Waals surface area contributed by atoms with Gasteiger partial charge in [-0.15, -0.1) is 0 Å². The van der Waals surface area contributed by atoms with E-state index in [4.69, 9.17) is 5.26 Å². The number of aliphatic hydroxyl groups is 1. The van der Waals surface area contributed by atoms with Gasteiger partial charge in [-0.3, -0.25) is 5.32 Å². The Balaban J connectivity index is 1.88. The molecule has 4 heteroatoms. The zero-order valence-corrected chi connectivity index (χ0v) is 11.3. The number of nitriles is 1. The molecule has 0 spiro atoms. The number of aliphatic hydroxyl groups excluding tert-OH is 1. The quantitative estimate of drug-likeness (QED) is 0.909. The first-order chi connectivity index (χ1) is 10.2. The fourth-order valence-corrected chi connectivity index (χ4v) is 2.84. The van der Waals surface area contributed by atoms with E-state index in [9.17, 15) is 9.50 Å². The molecule has 3 nitrogen and oxygen atoms in total. The minimum atomic E-state index is -0.276. The van der Waals surface area contributed by atoms with Gasteiger partial charge in [0.15, 0.2) is 0 Å². The number of benzene rings is 2. The molecule has 1 heterocycles. The SMILES string of the molecule is N#C[C@H]1N[C@H](CO)[C@H]1c1ccc(-c2ccccc2F)cc1. The Bertz CT molecular complexity index is 678. The van der Waals surface area contributed by atoms with Gasteiger partial charge in [-0.05, 0) is 17.2 Å². The number of nitrogens with zero attached hydrogens (tertiary/aromatic N) is 1. The zero-order valence-electron chi connectivity index (χ0n) is 11.3. The van der Waals surface area contributed by atoms with Crippen molar-refractivity contribution in [2.75, 3.05) is 6.61 Å². The third-order valence-electron chi connectivity index (χ3n) is 4.00. The Morgan fingerprint density at radius 2 is 1.86 bits per heavy atom. The standard InChI is InChI=1S/C17H15FN2O/c18-14-4-2-1-3-13(14)11-5-7-12(8-6-11)17-15(9-19)20-16(17)10-21/h1-8,15-17,20-21H,10H2/t15-,16-,17+/m1/s1. The average Bonchev–Trinajstić information content (AvgIpc) is 2.49. The molecule has 0 amide bonds. The van der Waals surface area contributed by atoms with Crippen molar-refractivity contribution >= 4 is 0 Å². The second-order valence-electron chi connectivity index (χ2n) is 5.19. The number of nitrogens with one attached hydrogen (secondary N) is 1. The fourth-order valence-electron chi connectivity index (χ4n) is 2.84. The van der Waals surface area contributed by atoms with Crippen molar-refractivity contribution in [1.29, 1.82) is 5.26 Å². The van der Waals surface area contributed by atoms with Crippen LogP contribution in [0.15, 0.2) is 48.5 Å². The van der Waals surface area contributed by atoms with Crippen LogP contribution in [0.3, 0.4) is 0 Å². The fraction of sp³-hybridized carbons (Fsp3) is 0.235. The van der Waals surface area contributed by atoms with Crippen LogP contribution >= 0.6 is 0 Å². The third kappa shape index (κ3) is 2.42. The first-order valence-corrected chi connectivity index (χ1v) is 6.86. The summed E-state index contributed by atoms with van der Waals surface area (Å²) in [4.78, 5) is 0. The topological polar surface area (TPSA) is 56.0 Å². The van der Waals surface area contributed by atoms with Crippen LogP contribution in [0.5, 0.6) is 0 Å². The normalized spacial score (nSPS) is 24.1. The summed E-state index contributed by atoms with van der Waals surface area (Å²) in [6.45, 7) is -0.00207. The highest BCUT2D eigenvalue weighted by Gasteiger charge is 2.41. The summed E-state index contributed by atoms with van der Waals surface area (Å²) in [7, 11) is 0. The van der Waals surface area contributed by atoms with E-state index in [-0.39, 0.29) is 30.4 Å². The Kier molecular flexibility index (Phi) is 3.70. The van der Waals surface area contributed by atoms with Gasteiger partial charge < -0.3 is 5.11 Å². The first kappa shape index (κ1) is 13.7. The van der Waals surface area contributed by atoms with E-state index < -0.39 is 0 Å². The van der Waals surface area contributed by atoms with E-state index in [0.29, 0.717) is 5.56 Å². The Morgan fingerprint density at radius 3 is 2.48 bits per heavy atom. The number of halogens is 1. The van der Waals surface area contributed by atoms with Crippen molar-refractivity contribution in [3.8, 4) is 17.2 Å². The summed E-state index contributed by atoms with van der Waals surface area (Å²) in [6, 6.07) is 16.0. The predicted octanol–water partition coefficient (Wildman–Crippen LogP) is 2.43. The summed E-state index contributed by atoms with van der Waals surface area (Å²) in [5, 5.41) is 21.3. The molecule has 2 N–H and O–H groups in total. The predicted molar refractivity (Wildman–Crippen MR) is 78.0 cm³/mol. The van der Waals surface area contributed by atoms with Crippen LogP contribution in [0.4, 0.5) is 4.39 Å². The Labute approximate surface area is 122 Å². The van der Waals surface area contributed by atoms with Gasteiger partial charge in [-0.1, -0.05) is 42.5 Å². The van der Waals surface area contributed by atoms with Crippen LogP contribution in [-0.4, -0.2) is 23.8 Å². The van der Waals surface area contributed by atoms with Crippen molar-refractivity contribution in [3.05, 3.63) is 59.9 Å². The number of rotatable bonds is 3. The largest absolute Gasteiger partial charge is 0.395 e. The zero-order chi connectivity index (χ0) is 14.8. The molecule has 0 aromatic heterocycles. The molecule has 2 aromatic carbocycles. The van der Waals surface area contributed by atoms with Gasteiger partial charge >= 0.3 is 0 Å². The molecule has 2 aromatic rings. The van der Waals surface area contributed by atoms with Crippen molar-refractivity contribution in [1.82, 2.24) is 5.32 Å². The van der Waals surface area contributed by atoms with Crippen molar-refractivity contribution in [3.63, 3.8) is 0 Å². The molecular formula is C17H15FN2O. The lowest BCUT2D eigenvalue weighted by molar-refractivity contribution is 0.151. The van der Waals surface area contributed by atoms with Gasteiger partial charge in [0, 0.05) is 17.5 Å². The molecule has 1 aliphatic rings. The van der Waals surface area contributed by atoms with Crippen molar-refractivity contribution in [2.45, 2.75) is 18.0 Å². The molecule has 0 aliphatic carbocycles. The summed E-state index contributed by atoms with van der Waals surface area (Å²) in [5.41, 5.74) is 2.35. The van der Waals surface area contributed by atoms with Crippen LogP contribution in [0, 0.1) is 17.1 Å². The highest BCUT2D eigenvalue weighted by atomic mass is 19.1. The van der Waals surface area contributed by atoms with Crippen molar-refractivity contribution in [2.24, 2.45) is 0 Å². The average molecular weight is 282 g/mol. The van der Waals surface area contributed by atoms with Gasteiger partial charge in [-0.2, -0.15) is 5.26 Å². The molecule has 106 valence electrons. The van der Waals surface area contributed by atoms with Gasteiger partial charge in [0.05, 0.1) is 12.7 Å². The van der Waals surface area contributed by atoms with E-state index in [1.807, 2.05) is 24.3 Å². The molecule has 0 unspecified atom stereocenters. The lowest BCUT2D eigenvalue weighted by Crippen LogP contribution is -2.60. The summed E-state index contributed by atoms with van der Waals surface area (Å²) >= 11 is 0. The minimum absolute atomic E-state index is 0.00207. The van der Waals surface area contributed by atoms with Crippen LogP contribution < -0.4 is 5.32 Å². The molecule has 1 aliphatic heterocycles. The second kappa shape index (κ2) is 5.65. The molecule has 3 rings (SSSR count). The van der Waals surface area contributed by atoms with Crippen LogP contribution in [0.2, 0.25) is 0 Å². The van der Waals surface area contributed by atoms with E-state index in [0.717, 1.165) is 11.1 Å². The van der Waals surface area contributed by atoms with Gasteiger partial charge in [0.25, 0.3) is 0 Å². The lowest BCUT2D eigenvalue weighted by atomic mass is 9.78. The first-order valence-electron chi connectivity index (χ1n) is 6.86. The number of hydrogen-bond donors (Lipinski definition) is 2. The smallest absolute Gasteiger partial charge is 0.131 e. The van der Waals surface area contributed by atoms with E-state index in [2.05, 4.69) is 11.4 Å². The van der Waals surface area contributed by atoms with Crippen LogP contribution in [-0.2, 0) is 0 Å². The minimum Gasteiger partial charge on any atom is -0.395 e. The highest BCUT2D eigenvalue weighted by Crippen LogP contribution is 2.33. The summed E-state index contributed by atoms with van der Waals surface area (Å²) in [6.07, 6.45) is 0. The van der Waals surface area contributed by atoms with Gasteiger partial charge in [-0.25, -0.2) is 4.39 Å². The lowest BCUT2D eigenvalue weighted by Gasteiger charge is -2.41. The van der Waals surface area contributed by atoms with Crippen LogP contribution in [0.1, 0.15) is 11.5 Å². The third-order valence-corrected chi connectivity index (χ3v) is 4.00. The van der Waals surface area contributed by atoms with Crippen LogP contribution in [0.25, 0.3) is 11.1 Å². The van der Waals surface area contributed by atoms with E-state index in [1.165, 1.54) is 6.07 Å². The Hall–Kier alpha value is -2.22. The second-order valence-corrected chi connectivity index (χ2v) is 5.19. The van der Waals surface area contributed by atoms with Gasteiger partial charge in [0.1, 0.15) is 11.9 Å². The maximum Gasteiger partial charge on any atom is 0.131 e. The summed E-state index contributed by atoms with van der Waals surface area (Å²) in [5.74, 6) is -0.270. The molecule has 0 saturated carbocycles. The Morgan fingerprint density at radius 1 is 1.14 bits per heavy atom. The maximum absolute atomic E-state index is 13.8. The van der Waals surface area contributed by atoms with E-state index in [1.54, 1.807) is 18.2 Å². The molecule has 1 saturated heterocycles. The van der Waals surface area contributed by atoms with Gasteiger partial charge in [0.2, 0.25) is 0 Å². The maximum atomic E-state index is 13.8. The molecule has 1 fully saturated rings. The molecule has 0 radical (unpaired) electrons. The molecular weight excluding hydrogens is 267 g/mol. The monoisotopic (exact) mass is 282 g/mol. The summed E-state index contributed by atoms with van der Waals surface area (Å²) < 4.78 is 13.8. The molecule has 0 bridgehead atoms. The molecule has 3 atom stereocenters. The van der Waals surface area contributed by atoms with E-state index >= 15 is 0 Å². The molecule has 21 heavy (non-hydrogen) atoms. The highest BCUT2D eigenvalue weighted by molar-refractivity contribution is 5.64. The van der Waals surface area contributed by atoms with Crippen molar-refractivity contribution < 1.29 is 9.50 Å². The number of hydrogen-bond acceptors (Lipinski definition) is 3.